The molecule has 9 heteroatoms. The number of aryl methyl sites for hydroxylation is 4. The number of rotatable bonds is 4. The number of hydrogen-bond acceptors (Lipinski definition) is 7. The van der Waals surface area contributed by atoms with Crippen LogP contribution in [0.2, 0.25) is 0 Å². The summed E-state index contributed by atoms with van der Waals surface area (Å²) in [6.45, 7) is 8.06. The molecule has 0 aliphatic carbocycles. The van der Waals surface area contributed by atoms with Gasteiger partial charge in [-0.05, 0) is 67.6 Å². The third-order valence-corrected chi connectivity index (χ3v) is 9.33. The summed E-state index contributed by atoms with van der Waals surface area (Å²) in [6.07, 6.45) is 0.614. The molecular formula is C32H26N4O4S. The number of carbonyl (C=O) groups excluding carboxylic acids is 2. The highest BCUT2D eigenvalue weighted by atomic mass is 32.1. The molecule has 2 aliphatic rings. The normalized spacial score (nSPS) is 17.7. The van der Waals surface area contributed by atoms with Crippen LogP contribution in [-0.4, -0.2) is 22.0 Å². The van der Waals surface area contributed by atoms with E-state index in [0.29, 0.717) is 33.6 Å². The van der Waals surface area contributed by atoms with E-state index in [4.69, 9.17) is 4.42 Å². The van der Waals surface area contributed by atoms with Gasteiger partial charge in [0.15, 0.2) is 11.0 Å². The number of carbonyl (C=O) groups is 2. The van der Waals surface area contributed by atoms with E-state index in [9.17, 15) is 14.4 Å². The lowest BCUT2D eigenvalue weighted by atomic mass is 9.84. The maximum Gasteiger partial charge on any atom is 0.297 e. The highest BCUT2D eigenvalue weighted by Gasteiger charge is 2.66. The van der Waals surface area contributed by atoms with E-state index in [1.165, 1.54) is 16.2 Å². The van der Waals surface area contributed by atoms with Gasteiger partial charge in [0.05, 0.1) is 23.2 Å². The molecule has 0 saturated carbocycles. The zero-order chi connectivity index (χ0) is 28.6. The summed E-state index contributed by atoms with van der Waals surface area (Å²) in [5.74, 6) is -1.13. The molecule has 0 bridgehead atoms. The van der Waals surface area contributed by atoms with Crippen molar-refractivity contribution in [2.75, 3.05) is 9.80 Å². The Bertz CT molecular complexity index is 1990. The topological polar surface area (TPSA) is 96.6 Å². The summed E-state index contributed by atoms with van der Waals surface area (Å²) in [7, 11) is 0. The van der Waals surface area contributed by atoms with Gasteiger partial charge >= 0.3 is 0 Å². The van der Waals surface area contributed by atoms with Crippen LogP contribution < -0.4 is 15.2 Å². The quantitative estimate of drug-likeness (QED) is 0.284. The van der Waals surface area contributed by atoms with Crippen molar-refractivity contribution >= 4 is 44.9 Å². The molecule has 4 heterocycles. The molecule has 1 spiro atoms. The van der Waals surface area contributed by atoms with Crippen molar-refractivity contribution in [2.45, 2.75) is 46.2 Å². The van der Waals surface area contributed by atoms with Gasteiger partial charge in [-0.3, -0.25) is 19.3 Å². The second kappa shape index (κ2) is 8.94. The molecule has 1 atom stereocenters. The molecule has 41 heavy (non-hydrogen) atoms. The Morgan fingerprint density at radius 1 is 0.902 bits per heavy atom. The maximum absolute atomic E-state index is 15.0. The molecular weight excluding hydrogens is 536 g/mol. The smallest absolute Gasteiger partial charge is 0.297 e. The van der Waals surface area contributed by atoms with Crippen molar-refractivity contribution in [3.05, 3.63) is 115 Å². The van der Waals surface area contributed by atoms with Crippen LogP contribution in [0.1, 0.15) is 55.9 Å². The monoisotopic (exact) mass is 562 g/mol. The fourth-order valence-corrected chi connectivity index (χ4v) is 6.84. The summed E-state index contributed by atoms with van der Waals surface area (Å²) >= 11 is 1.23. The van der Waals surface area contributed by atoms with Crippen LogP contribution in [0.15, 0.2) is 69.9 Å². The van der Waals surface area contributed by atoms with Crippen LogP contribution in [-0.2, 0) is 23.3 Å². The Morgan fingerprint density at radius 2 is 1.63 bits per heavy atom. The molecule has 2 aliphatic heterocycles. The number of amides is 2. The van der Waals surface area contributed by atoms with Gasteiger partial charge in [0, 0.05) is 5.56 Å². The van der Waals surface area contributed by atoms with Crippen molar-refractivity contribution in [1.29, 1.82) is 0 Å². The molecule has 7 rings (SSSR count). The van der Waals surface area contributed by atoms with Gasteiger partial charge in [-0.15, -0.1) is 10.2 Å². The average molecular weight is 563 g/mol. The number of nitrogens with zero attached hydrogens (tertiary/aromatic N) is 4. The zero-order valence-corrected chi connectivity index (χ0v) is 23.8. The number of anilines is 2. The summed E-state index contributed by atoms with van der Waals surface area (Å²) in [5, 5.41) is 9.88. The first-order valence-electron chi connectivity index (χ1n) is 13.5. The van der Waals surface area contributed by atoms with E-state index in [1.54, 1.807) is 17.0 Å². The second-order valence-electron chi connectivity index (χ2n) is 10.6. The lowest BCUT2D eigenvalue weighted by molar-refractivity contribution is -0.121. The molecule has 8 nitrogen and oxygen atoms in total. The molecule has 2 aromatic heterocycles. The van der Waals surface area contributed by atoms with Crippen molar-refractivity contribution in [1.82, 2.24) is 10.2 Å². The Hall–Kier alpha value is -4.63. The van der Waals surface area contributed by atoms with E-state index in [-0.39, 0.29) is 23.0 Å². The summed E-state index contributed by atoms with van der Waals surface area (Å²) < 4.78 is 6.24. The van der Waals surface area contributed by atoms with Crippen molar-refractivity contribution in [2.24, 2.45) is 0 Å². The van der Waals surface area contributed by atoms with Crippen LogP contribution in [0.3, 0.4) is 0 Å². The lowest BCUT2D eigenvalue weighted by Gasteiger charge is -2.32. The molecule has 0 fully saturated rings. The fraction of sp³-hybridized carbons (Fsp3) is 0.219. The zero-order valence-electron chi connectivity index (χ0n) is 23.0. The number of fused-ring (bicyclic) bond motifs is 5. The van der Waals surface area contributed by atoms with Crippen LogP contribution in [0.4, 0.5) is 10.8 Å². The number of para-hydroxylation sites is 1. The van der Waals surface area contributed by atoms with Crippen molar-refractivity contribution in [3.8, 4) is 0 Å². The number of aromatic nitrogens is 2. The third kappa shape index (κ3) is 3.35. The van der Waals surface area contributed by atoms with Crippen LogP contribution in [0.25, 0.3) is 11.0 Å². The molecule has 204 valence electrons. The van der Waals surface area contributed by atoms with Gasteiger partial charge < -0.3 is 9.32 Å². The largest absolute Gasteiger partial charge is 0.450 e. The molecule has 3 aromatic carbocycles. The lowest BCUT2D eigenvalue weighted by Crippen LogP contribution is -2.53. The summed E-state index contributed by atoms with van der Waals surface area (Å²) in [6, 6.07) is 18.7. The van der Waals surface area contributed by atoms with Gasteiger partial charge in [0.2, 0.25) is 10.9 Å². The number of hydrogen-bond donors (Lipinski definition) is 0. The SMILES string of the molecule is CCc1nnc(N2C(=O)c3oc4cc(C)c(C)cc4c(=O)c3C23C(=O)N(Cc2ccccc2C)c2ccccc23)s1. The minimum atomic E-state index is -1.79. The highest BCUT2D eigenvalue weighted by molar-refractivity contribution is 7.15. The van der Waals surface area contributed by atoms with Gasteiger partial charge in [-0.1, -0.05) is 60.7 Å². The van der Waals surface area contributed by atoms with E-state index < -0.39 is 22.8 Å². The minimum Gasteiger partial charge on any atom is -0.450 e. The Kier molecular flexibility index (Phi) is 5.53. The summed E-state index contributed by atoms with van der Waals surface area (Å²) in [5.41, 5.74) is 3.15. The molecule has 0 N–H and O–H groups in total. The van der Waals surface area contributed by atoms with Crippen LogP contribution in [0, 0.1) is 20.8 Å². The van der Waals surface area contributed by atoms with Crippen molar-refractivity contribution in [3.63, 3.8) is 0 Å². The minimum absolute atomic E-state index is 0.0243. The second-order valence-corrected chi connectivity index (χ2v) is 11.6. The first kappa shape index (κ1) is 25.3. The number of benzene rings is 3. The van der Waals surface area contributed by atoms with Gasteiger partial charge in [-0.25, -0.2) is 0 Å². The van der Waals surface area contributed by atoms with Crippen LogP contribution >= 0.6 is 11.3 Å². The predicted molar refractivity (Wildman–Crippen MR) is 158 cm³/mol. The maximum atomic E-state index is 15.0. The van der Waals surface area contributed by atoms with Gasteiger partial charge in [0.25, 0.3) is 11.8 Å². The highest BCUT2D eigenvalue weighted by Crippen LogP contribution is 2.54. The predicted octanol–water partition coefficient (Wildman–Crippen LogP) is 5.58. The van der Waals surface area contributed by atoms with E-state index in [0.717, 1.165) is 22.3 Å². The molecule has 0 radical (unpaired) electrons. The fourth-order valence-electron chi connectivity index (χ4n) is 6.01. The Balaban J connectivity index is 1.57. The average Bonchev–Trinajstić information content (AvgIpc) is 3.61. The summed E-state index contributed by atoms with van der Waals surface area (Å²) in [4.78, 5) is 46.8. The van der Waals surface area contributed by atoms with E-state index >= 15 is 0 Å². The Labute approximate surface area is 239 Å². The van der Waals surface area contributed by atoms with E-state index in [2.05, 4.69) is 10.2 Å². The molecule has 5 aromatic rings. The molecule has 1 unspecified atom stereocenters. The molecule has 0 saturated heterocycles. The first-order valence-corrected chi connectivity index (χ1v) is 14.3. The standard InChI is InChI=1S/C32H26N4O4S/c1-5-25-33-34-31(41-25)36-29(38)28-26(27(37)21-14-18(3)19(4)15-24(21)40-28)32(36)22-12-8-9-13-23(22)35(30(32)39)16-20-11-7-6-10-17(20)2/h6-15H,5,16H2,1-4H3. The van der Waals surface area contributed by atoms with Gasteiger partial charge in [-0.2, -0.15) is 0 Å². The van der Waals surface area contributed by atoms with Crippen molar-refractivity contribution < 1.29 is 14.0 Å². The van der Waals surface area contributed by atoms with E-state index in [1.807, 2.05) is 76.2 Å². The van der Waals surface area contributed by atoms with Crippen LogP contribution in [0.5, 0.6) is 0 Å². The van der Waals surface area contributed by atoms with Gasteiger partial charge in [0.1, 0.15) is 10.6 Å². The first-order chi connectivity index (χ1) is 19.8. The Morgan fingerprint density at radius 3 is 2.39 bits per heavy atom. The third-order valence-electron chi connectivity index (χ3n) is 8.28. The molecule has 2 amide bonds.